The molecule has 6 nitrogen and oxygen atoms in total. The van der Waals surface area contributed by atoms with Crippen molar-refractivity contribution in [3.05, 3.63) is 41.3 Å². The van der Waals surface area contributed by atoms with Crippen LogP contribution in [0.1, 0.15) is 23.2 Å². The molecule has 6 heteroatoms. The Kier molecular flexibility index (Phi) is 3.09. The third-order valence-corrected chi connectivity index (χ3v) is 4.57. The monoisotopic (exact) mass is 295 g/mol. The minimum atomic E-state index is -0.0282. The van der Waals surface area contributed by atoms with Crippen molar-refractivity contribution in [2.24, 2.45) is 11.8 Å². The highest BCUT2D eigenvalue weighted by molar-refractivity contribution is 5.47. The Hall–Kier alpha value is -2.39. The number of nitrogens with zero attached hydrogens (tertiary/aromatic N) is 5. The average molecular weight is 295 g/mol. The van der Waals surface area contributed by atoms with Crippen molar-refractivity contribution in [3.8, 4) is 6.07 Å². The van der Waals surface area contributed by atoms with Crippen LogP contribution in [-0.2, 0) is 13.2 Å². The molecular weight excluding hydrogens is 278 g/mol. The summed E-state index contributed by atoms with van der Waals surface area (Å²) in [5.41, 5.74) is 2.07. The number of anilines is 1. The topological polar surface area (TPSA) is 78.0 Å². The predicted molar refractivity (Wildman–Crippen MR) is 80.0 cm³/mol. The zero-order valence-electron chi connectivity index (χ0n) is 12.2. The van der Waals surface area contributed by atoms with Gasteiger partial charge in [0.05, 0.1) is 19.3 Å². The lowest BCUT2D eigenvalue weighted by Crippen LogP contribution is -2.23. The van der Waals surface area contributed by atoms with E-state index in [1.165, 1.54) is 6.42 Å². The number of pyridine rings is 1. The average Bonchev–Trinajstić information content (AvgIpc) is 2.97. The van der Waals surface area contributed by atoms with Gasteiger partial charge in [0.2, 0.25) is 0 Å². The van der Waals surface area contributed by atoms with Crippen molar-refractivity contribution in [1.29, 1.82) is 5.26 Å². The Labute approximate surface area is 128 Å². The van der Waals surface area contributed by atoms with Gasteiger partial charge < -0.3 is 10.0 Å². The zero-order chi connectivity index (χ0) is 15.1. The second-order valence-corrected chi connectivity index (χ2v) is 6.15. The highest BCUT2D eigenvalue weighted by atomic mass is 16.3. The van der Waals surface area contributed by atoms with E-state index in [2.05, 4.69) is 21.1 Å². The van der Waals surface area contributed by atoms with Crippen molar-refractivity contribution in [3.63, 3.8) is 0 Å². The van der Waals surface area contributed by atoms with Crippen LogP contribution < -0.4 is 4.90 Å². The first kappa shape index (κ1) is 13.3. The van der Waals surface area contributed by atoms with Gasteiger partial charge in [-0.1, -0.05) is 6.07 Å². The van der Waals surface area contributed by atoms with Gasteiger partial charge >= 0.3 is 0 Å². The molecule has 22 heavy (non-hydrogen) atoms. The number of nitriles is 1. The summed E-state index contributed by atoms with van der Waals surface area (Å²) in [7, 11) is 0. The van der Waals surface area contributed by atoms with Crippen molar-refractivity contribution in [2.45, 2.75) is 19.6 Å². The first-order chi connectivity index (χ1) is 10.8. The smallest absolute Gasteiger partial charge is 0.147 e. The Balaban J connectivity index is 1.56. The van der Waals surface area contributed by atoms with Crippen molar-refractivity contribution in [2.75, 3.05) is 18.0 Å². The Morgan fingerprint density at radius 2 is 2.14 bits per heavy atom. The van der Waals surface area contributed by atoms with E-state index in [1.54, 1.807) is 17.1 Å². The molecule has 0 radical (unpaired) electrons. The van der Waals surface area contributed by atoms with Gasteiger partial charge in [0, 0.05) is 30.4 Å². The molecule has 1 saturated carbocycles. The second kappa shape index (κ2) is 5.11. The maximum atomic E-state index is 9.38. The molecule has 4 rings (SSSR count). The van der Waals surface area contributed by atoms with Crippen LogP contribution in [0, 0.1) is 23.2 Å². The van der Waals surface area contributed by atoms with Crippen LogP contribution in [0.25, 0.3) is 0 Å². The lowest BCUT2D eigenvalue weighted by molar-refractivity contribution is 0.281. The number of piperidine rings is 1. The molecule has 112 valence electrons. The predicted octanol–water partition coefficient (Wildman–Crippen LogP) is 1.15. The largest absolute Gasteiger partial charge is 0.392 e. The summed E-state index contributed by atoms with van der Waals surface area (Å²) in [6.45, 7) is 2.60. The molecule has 2 unspecified atom stereocenters. The highest BCUT2D eigenvalue weighted by Gasteiger charge is 2.45. The van der Waals surface area contributed by atoms with Crippen LogP contribution in [-0.4, -0.2) is 33.0 Å². The zero-order valence-corrected chi connectivity index (χ0v) is 12.2. The van der Waals surface area contributed by atoms with Crippen LogP contribution in [0.2, 0.25) is 0 Å². The molecular formula is C16H17N5O. The number of aliphatic hydroxyl groups excluding tert-OH is 1. The molecule has 2 aromatic rings. The minimum Gasteiger partial charge on any atom is -0.392 e. The summed E-state index contributed by atoms with van der Waals surface area (Å²) < 4.78 is 1.72. The van der Waals surface area contributed by atoms with Crippen LogP contribution >= 0.6 is 0 Å². The summed E-state index contributed by atoms with van der Waals surface area (Å²) in [6, 6.07) is 6.16. The fourth-order valence-corrected chi connectivity index (χ4v) is 3.21. The number of fused-ring (bicyclic) bond motifs is 1. The Morgan fingerprint density at radius 1 is 1.32 bits per heavy atom. The fourth-order valence-electron chi connectivity index (χ4n) is 3.21. The van der Waals surface area contributed by atoms with Crippen LogP contribution in [0.3, 0.4) is 0 Å². The van der Waals surface area contributed by atoms with Crippen LogP contribution in [0.15, 0.2) is 24.5 Å². The van der Waals surface area contributed by atoms with Gasteiger partial charge in [-0.05, 0) is 24.3 Å². The Bertz CT molecular complexity index is 737. The van der Waals surface area contributed by atoms with Crippen molar-refractivity contribution in [1.82, 2.24) is 14.8 Å². The van der Waals surface area contributed by atoms with Gasteiger partial charge in [0.1, 0.15) is 17.6 Å². The first-order valence-electron chi connectivity index (χ1n) is 7.54. The summed E-state index contributed by atoms with van der Waals surface area (Å²) in [4.78, 5) is 6.80. The molecule has 3 heterocycles. The number of aromatic nitrogens is 3. The molecule has 2 aromatic heterocycles. The van der Waals surface area contributed by atoms with Gasteiger partial charge in [-0.25, -0.2) is 4.98 Å². The van der Waals surface area contributed by atoms with Gasteiger partial charge in [0.15, 0.2) is 0 Å². The van der Waals surface area contributed by atoms with E-state index in [1.807, 2.05) is 12.1 Å². The Morgan fingerprint density at radius 3 is 2.82 bits per heavy atom. The fraction of sp³-hybridized carbons (Fsp3) is 0.438. The van der Waals surface area contributed by atoms with Crippen LogP contribution in [0.5, 0.6) is 0 Å². The number of aliphatic hydroxyl groups is 1. The molecule has 1 N–H and O–H groups in total. The third kappa shape index (κ3) is 2.34. The lowest BCUT2D eigenvalue weighted by Gasteiger charge is -2.19. The van der Waals surface area contributed by atoms with Gasteiger partial charge in [-0.2, -0.15) is 10.4 Å². The molecule has 0 aromatic carbocycles. The standard InChI is InChI=1S/C16H17N5O/c17-4-15-12(9-21-6-11(10-22)5-18-21)1-2-16(19-15)20-7-13-3-14(13)8-20/h1-2,5-6,13-14,22H,3,7-10H2. The summed E-state index contributed by atoms with van der Waals surface area (Å²) in [5, 5.41) is 22.6. The molecule has 2 atom stereocenters. The molecule has 1 aliphatic heterocycles. The SMILES string of the molecule is N#Cc1nc(N2CC3CC3C2)ccc1Cn1cc(CO)cn1. The van der Waals surface area contributed by atoms with E-state index in [0.29, 0.717) is 12.2 Å². The molecule has 1 saturated heterocycles. The van der Waals surface area contributed by atoms with E-state index < -0.39 is 0 Å². The molecule has 1 aliphatic carbocycles. The van der Waals surface area contributed by atoms with Gasteiger partial charge in [-0.15, -0.1) is 0 Å². The van der Waals surface area contributed by atoms with E-state index in [0.717, 1.165) is 41.9 Å². The lowest BCUT2D eigenvalue weighted by atomic mass is 10.2. The van der Waals surface area contributed by atoms with E-state index in [4.69, 9.17) is 5.11 Å². The van der Waals surface area contributed by atoms with Gasteiger partial charge in [-0.3, -0.25) is 4.68 Å². The molecule has 2 fully saturated rings. The van der Waals surface area contributed by atoms with Crippen molar-refractivity contribution < 1.29 is 5.11 Å². The normalized spacial score (nSPS) is 22.5. The van der Waals surface area contributed by atoms with E-state index >= 15 is 0 Å². The molecule has 0 amide bonds. The quantitative estimate of drug-likeness (QED) is 0.915. The maximum Gasteiger partial charge on any atom is 0.147 e. The third-order valence-electron chi connectivity index (χ3n) is 4.57. The second-order valence-electron chi connectivity index (χ2n) is 6.15. The van der Waals surface area contributed by atoms with Gasteiger partial charge in [0.25, 0.3) is 0 Å². The number of rotatable bonds is 4. The summed E-state index contributed by atoms with van der Waals surface area (Å²) in [5.74, 6) is 2.59. The van der Waals surface area contributed by atoms with E-state index in [9.17, 15) is 5.26 Å². The molecule has 2 aliphatic rings. The molecule has 0 bridgehead atoms. The maximum absolute atomic E-state index is 9.38. The summed E-state index contributed by atoms with van der Waals surface area (Å²) in [6.07, 6.45) is 4.76. The number of hydrogen-bond acceptors (Lipinski definition) is 5. The first-order valence-corrected chi connectivity index (χ1v) is 7.54. The molecule has 0 spiro atoms. The van der Waals surface area contributed by atoms with Crippen molar-refractivity contribution >= 4 is 5.82 Å². The van der Waals surface area contributed by atoms with Crippen LogP contribution in [0.4, 0.5) is 5.82 Å². The number of hydrogen-bond donors (Lipinski definition) is 1. The highest BCUT2D eigenvalue weighted by Crippen LogP contribution is 2.45. The summed E-state index contributed by atoms with van der Waals surface area (Å²) >= 11 is 0. The van der Waals surface area contributed by atoms with E-state index in [-0.39, 0.29) is 6.61 Å². The minimum absolute atomic E-state index is 0.0282.